The Kier molecular flexibility index (Phi) is 6.31. The molecule has 1 rings (SSSR count). The van der Waals surface area contributed by atoms with E-state index in [0.717, 1.165) is 48.9 Å². The molecule has 1 N–H and O–H groups in total. The fourth-order valence-electron chi connectivity index (χ4n) is 1.69. The highest BCUT2D eigenvalue weighted by Gasteiger charge is 2.13. The van der Waals surface area contributed by atoms with Crippen molar-refractivity contribution in [1.29, 1.82) is 0 Å². The van der Waals surface area contributed by atoms with Crippen molar-refractivity contribution < 1.29 is 0 Å². The van der Waals surface area contributed by atoms with Crippen molar-refractivity contribution in [3.63, 3.8) is 0 Å². The fraction of sp³-hybridized carbons (Fsp3) is 0.750. The summed E-state index contributed by atoms with van der Waals surface area (Å²) < 4.78 is 1.97. The second-order valence-electron chi connectivity index (χ2n) is 4.12. The molecule has 0 aliphatic heterocycles. The maximum Gasteiger partial charge on any atom is 0.0863 e. The van der Waals surface area contributed by atoms with Crippen LogP contribution in [-0.4, -0.2) is 21.7 Å². The van der Waals surface area contributed by atoms with Gasteiger partial charge in [-0.05, 0) is 33.2 Å². The average molecular weight is 278 g/mol. The summed E-state index contributed by atoms with van der Waals surface area (Å²) in [6.45, 7) is 8.65. The molecule has 1 aromatic rings. The van der Waals surface area contributed by atoms with Gasteiger partial charge in [0.25, 0.3) is 0 Å². The monoisotopic (exact) mass is 277 g/mol. The van der Waals surface area contributed by atoms with Gasteiger partial charge in [-0.1, -0.05) is 18.5 Å². The van der Waals surface area contributed by atoms with Crippen molar-refractivity contribution in [3.8, 4) is 0 Å². The quantitative estimate of drug-likeness (QED) is 0.613. The van der Waals surface area contributed by atoms with Gasteiger partial charge >= 0.3 is 0 Å². The third-order valence-electron chi connectivity index (χ3n) is 2.71. The van der Waals surface area contributed by atoms with Gasteiger partial charge in [-0.15, -0.1) is 11.6 Å². The predicted octanol–water partition coefficient (Wildman–Crippen LogP) is 3.23. The second kappa shape index (κ2) is 7.24. The molecule has 0 amide bonds. The van der Waals surface area contributed by atoms with E-state index in [-0.39, 0.29) is 5.38 Å². The van der Waals surface area contributed by atoms with Crippen molar-refractivity contribution in [2.75, 3.05) is 6.54 Å². The van der Waals surface area contributed by atoms with Crippen LogP contribution in [0.25, 0.3) is 0 Å². The smallest absolute Gasteiger partial charge is 0.0863 e. The minimum Gasteiger partial charge on any atom is -0.311 e. The van der Waals surface area contributed by atoms with Gasteiger partial charge in [0.05, 0.1) is 16.4 Å². The molecule has 0 spiro atoms. The largest absolute Gasteiger partial charge is 0.311 e. The molecule has 5 heteroatoms. The maximum absolute atomic E-state index is 6.30. The van der Waals surface area contributed by atoms with Crippen LogP contribution in [0, 0.1) is 0 Å². The normalized spacial score (nSPS) is 13.0. The van der Waals surface area contributed by atoms with Gasteiger partial charge in [0.2, 0.25) is 0 Å². The number of halogens is 2. The van der Waals surface area contributed by atoms with Crippen molar-refractivity contribution >= 4 is 23.2 Å². The van der Waals surface area contributed by atoms with E-state index in [9.17, 15) is 0 Å². The summed E-state index contributed by atoms with van der Waals surface area (Å²) >= 11 is 12.2. The van der Waals surface area contributed by atoms with Crippen molar-refractivity contribution in [1.82, 2.24) is 15.1 Å². The van der Waals surface area contributed by atoms with E-state index in [0.29, 0.717) is 0 Å². The Morgan fingerprint density at radius 3 is 2.65 bits per heavy atom. The van der Waals surface area contributed by atoms with Gasteiger partial charge in [0, 0.05) is 18.5 Å². The van der Waals surface area contributed by atoms with Crippen LogP contribution in [0.3, 0.4) is 0 Å². The summed E-state index contributed by atoms with van der Waals surface area (Å²) in [4.78, 5) is 0. The molecule has 0 saturated heterocycles. The fourth-order valence-corrected chi connectivity index (χ4v) is 2.14. The zero-order chi connectivity index (χ0) is 12.8. The van der Waals surface area contributed by atoms with Crippen LogP contribution < -0.4 is 5.32 Å². The number of nitrogens with one attached hydrogen (secondary N) is 1. The molecule has 1 unspecified atom stereocenters. The molecular weight excluding hydrogens is 257 g/mol. The molecule has 1 heterocycles. The van der Waals surface area contributed by atoms with Gasteiger partial charge in [-0.2, -0.15) is 5.10 Å². The Labute approximate surface area is 113 Å². The topological polar surface area (TPSA) is 29.9 Å². The molecule has 0 fully saturated rings. The third-order valence-corrected chi connectivity index (χ3v) is 3.36. The highest BCUT2D eigenvalue weighted by Crippen LogP contribution is 2.21. The standard InChI is InChI=1S/C12H21Cl2N3/c1-4-10-12(14)11(17(5-2)16-10)8-15-7-6-9(3)13/h9,15H,4-8H2,1-3H3. The molecular formula is C12H21Cl2N3. The minimum atomic E-state index is 0.209. The van der Waals surface area contributed by atoms with Crippen LogP contribution in [0.1, 0.15) is 38.6 Å². The number of hydrogen-bond acceptors (Lipinski definition) is 2. The van der Waals surface area contributed by atoms with E-state index in [1.165, 1.54) is 0 Å². The molecule has 0 aliphatic carbocycles. The number of aryl methyl sites for hydroxylation is 2. The lowest BCUT2D eigenvalue weighted by Crippen LogP contribution is -2.19. The van der Waals surface area contributed by atoms with Crippen LogP contribution in [-0.2, 0) is 19.5 Å². The van der Waals surface area contributed by atoms with Crippen molar-refractivity contribution in [2.24, 2.45) is 0 Å². The average Bonchev–Trinajstić information content (AvgIpc) is 2.61. The molecule has 0 saturated carbocycles. The van der Waals surface area contributed by atoms with Gasteiger partial charge in [-0.25, -0.2) is 0 Å². The molecule has 98 valence electrons. The number of rotatable bonds is 7. The van der Waals surface area contributed by atoms with Crippen LogP contribution in [0.5, 0.6) is 0 Å². The lowest BCUT2D eigenvalue weighted by molar-refractivity contribution is 0.569. The SMILES string of the molecule is CCc1nn(CC)c(CNCCC(C)Cl)c1Cl. The minimum absolute atomic E-state index is 0.209. The van der Waals surface area contributed by atoms with E-state index in [1.54, 1.807) is 0 Å². The summed E-state index contributed by atoms with van der Waals surface area (Å²) in [6, 6.07) is 0. The molecule has 0 bridgehead atoms. The van der Waals surface area contributed by atoms with Gasteiger partial charge < -0.3 is 5.32 Å². The number of nitrogens with zero attached hydrogens (tertiary/aromatic N) is 2. The lowest BCUT2D eigenvalue weighted by Gasteiger charge is -2.08. The second-order valence-corrected chi connectivity index (χ2v) is 5.25. The molecule has 1 aromatic heterocycles. The molecule has 0 radical (unpaired) electrons. The summed E-state index contributed by atoms with van der Waals surface area (Å²) in [7, 11) is 0. The van der Waals surface area contributed by atoms with Crippen molar-refractivity contribution in [2.45, 2.75) is 52.1 Å². The number of alkyl halides is 1. The zero-order valence-corrected chi connectivity index (χ0v) is 12.3. The first-order chi connectivity index (χ1) is 8.10. The number of aromatic nitrogens is 2. The van der Waals surface area contributed by atoms with E-state index in [4.69, 9.17) is 23.2 Å². The highest BCUT2D eigenvalue weighted by molar-refractivity contribution is 6.31. The summed E-state index contributed by atoms with van der Waals surface area (Å²) in [6.07, 6.45) is 1.83. The van der Waals surface area contributed by atoms with Gasteiger partial charge in [0.1, 0.15) is 0 Å². The molecule has 1 atom stereocenters. The van der Waals surface area contributed by atoms with Crippen molar-refractivity contribution in [3.05, 3.63) is 16.4 Å². The summed E-state index contributed by atoms with van der Waals surface area (Å²) in [5.41, 5.74) is 2.06. The Hall–Kier alpha value is -0.250. The van der Waals surface area contributed by atoms with E-state index in [2.05, 4.69) is 24.3 Å². The Morgan fingerprint density at radius 1 is 1.41 bits per heavy atom. The van der Waals surface area contributed by atoms with E-state index in [1.807, 2.05) is 11.6 Å². The van der Waals surface area contributed by atoms with Crippen LogP contribution >= 0.6 is 23.2 Å². The van der Waals surface area contributed by atoms with E-state index < -0.39 is 0 Å². The van der Waals surface area contributed by atoms with Crippen LogP contribution in [0.15, 0.2) is 0 Å². The van der Waals surface area contributed by atoms with Gasteiger partial charge in [-0.3, -0.25) is 4.68 Å². The number of hydrogen-bond donors (Lipinski definition) is 1. The van der Waals surface area contributed by atoms with Crippen LogP contribution in [0.2, 0.25) is 5.02 Å². The summed E-state index contributed by atoms with van der Waals surface area (Å²) in [5, 5.41) is 8.85. The first kappa shape index (κ1) is 14.8. The maximum atomic E-state index is 6.30. The first-order valence-electron chi connectivity index (χ1n) is 6.18. The van der Waals surface area contributed by atoms with E-state index >= 15 is 0 Å². The van der Waals surface area contributed by atoms with Crippen LogP contribution in [0.4, 0.5) is 0 Å². The summed E-state index contributed by atoms with van der Waals surface area (Å²) in [5.74, 6) is 0. The third kappa shape index (κ3) is 4.16. The Balaban J connectivity index is 2.59. The zero-order valence-electron chi connectivity index (χ0n) is 10.8. The Bertz CT molecular complexity index is 348. The first-order valence-corrected chi connectivity index (χ1v) is 7.00. The molecule has 0 aliphatic rings. The molecule has 3 nitrogen and oxygen atoms in total. The highest BCUT2D eigenvalue weighted by atomic mass is 35.5. The molecule has 0 aromatic carbocycles. The molecule has 17 heavy (non-hydrogen) atoms. The Morgan fingerprint density at radius 2 is 2.12 bits per heavy atom. The van der Waals surface area contributed by atoms with Gasteiger partial charge in [0.15, 0.2) is 0 Å². The predicted molar refractivity (Wildman–Crippen MR) is 73.9 cm³/mol. The lowest BCUT2D eigenvalue weighted by atomic mass is 10.3.